The van der Waals surface area contributed by atoms with E-state index in [4.69, 9.17) is 16.2 Å². The largest absolute Gasteiger partial charge is 0.497 e. The molecule has 0 aliphatic heterocycles. The van der Waals surface area contributed by atoms with Crippen LogP contribution in [0.5, 0.6) is 5.75 Å². The van der Waals surface area contributed by atoms with Crippen molar-refractivity contribution in [3.05, 3.63) is 18.2 Å². The van der Waals surface area contributed by atoms with E-state index in [1.807, 2.05) is 5.32 Å². The van der Waals surface area contributed by atoms with Crippen LogP contribution in [0.4, 0.5) is 10.5 Å². The summed E-state index contributed by atoms with van der Waals surface area (Å²) in [5.41, 5.74) is 11.2. The molecule has 1 atom stereocenters. The average molecular weight is 269 g/mol. The van der Waals surface area contributed by atoms with E-state index in [0.717, 1.165) is 0 Å². The van der Waals surface area contributed by atoms with Gasteiger partial charge in [-0.3, -0.25) is 10.1 Å². The van der Waals surface area contributed by atoms with Crippen LogP contribution in [0.3, 0.4) is 0 Å². The lowest BCUT2D eigenvalue weighted by molar-refractivity contribution is -0.119. The van der Waals surface area contributed by atoms with Gasteiger partial charge in [0.1, 0.15) is 5.75 Å². The zero-order valence-corrected chi connectivity index (χ0v) is 10.9. The molecular weight excluding hydrogens is 254 g/mol. The summed E-state index contributed by atoms with van der Waals surface area (Å²) in [6.45, 7) is 1.65. The van der Waals surface area contributed by atoms with Crippen molar-refractivity contribution < 1.29 is 14.3 Å². The number of primary amides is 1. The topological polar surface area (TPSA) is 107 Å². The minimum absolute atomic E-state index is 0.463. The zero-order chi connectivity index (χ0) is 13.7. The molecular formula is C11H15N3O3S. The Balaban J connectivity index is 2.77. The number of benzene rings is 1. The number of imide groups is 1. The Kier molecular flexibility index (Phi) is 4.85. The standard InChI is InChI=1S/C11H15N3O3S/c1-6(10(15)14-11(13)16)18-9-5-7(17-2)3-4-8(9)12/h3-6H,12H2,1-2H3,(H3,13,14,15,16). The highest BCUT2D eigenvalue weighted by atomic mass is 32.2. The third-order valence-electron chi connectivity index (χ3n) is 2.14. The molecule has 1 aromatic rings. The van der Waals surface area contributed by atoms with Gasteiger partial charge in [0.15, 0.2) is 0 Å². The monoisotopic (exact) mass is 269 g/mol. The lowest BCUT2D eigenvalue weighted by Crippen LogP contribution is -2.39. The molecule has 0 bridgehead atoms. The molecule has 1 unspecified atom stereocenters. The molecule has 0 fully saturated rings. The molecule has 0 saturated carbocycles. The summed E-state index contributed by atoms with van der Waals surface area (Å²) in [7, 11) is 1.54. The highest BCUT2D eigenvalue weighted by molar-refractivity contribution is 8.00. The highest BCUT2D eigenvalue weighted by Crippen LogP contribution is 2.31. The smallest absolute Gasteiger partial charge is 0.318 e. The van der Waals surface area contributed by atoms with Crippen LogP contribution < -0.4 is 21.5 Å². The van der Waals surface area contributed by atoms with Gasteiger partial charge in [0, 0.05) is 10.6 Å². The van der Waals surface area contributed by atoms with E-state index in [9.17, 15) is 9.59 Å². The fourth-order valence-corrected chi connectivity index (χ4v) is 2.15. The second-order valence-electron chi connectivity index (χ2n) is 3.52. The van der Waals surface area contributed by atoms with Gasteiger partial charge in [-0.1, -0.05) is 0 Å². The summed E-state index contributed by atoms with van der Waals surface area (Å²) in [5.74, 6) is 0.184. The van der Waals surface area contributed by atoms with Crippen molar-refractivity contribution in [1.29, 1.82) is 0 Å². The van der Waals surface area contributed by atoms with Crippen LogP contribution in [-0.4, -0.2) is 24.3 Å². The Bertz CT molecular complexity index is 465. The summed E-state index contributed by atoms with van der Waals surface area (Å²) in [5, 5.41) is 1.52. The summed E-state index contributed by atoms with van der Waals surface area (Å²) in [6.07, 6.45) is 0. The van der Waals surface area contributed by atoms with Gasteiger partial charge in [-0.2, -0.15) is 0 Å². The first-order valence-electron chi connectivity index (χ1n) is 5.14. The van der Waals surface area contributed by atoms with Crippen LogP contribution in [0, 0.1) is 0 Å². The number of anilines is 1. The molecule has 3 amide bonds. The second-order valence-corrected chi connectivity index (χ2v) is 4.90. The van der Waals surface area contributed by atoms with Crippen molar-refractivity contribution >= 4 is 29.4 Å². The van der Waals surface area contributed by atoms with Gasteiger partial charge in [-0.15, -0.1) is 11.8 Å². The first kappa shape index (κ1) is 14.2. The SMILES string of the molecule is COc1ccc(N)c(SC(C)C(=O)NC(N)=O)c1. The van der Waals surface area contributed by atoms with Crippen molar-refractivity contribution in [3.8, 4) is 5.75 Å². The van der Waals surface area contributed by atoms with Gasteiger partial charge >= 0.3 is 6.03 Å². The van der Waals surface area contributed by atoms with E-state index in [2.05, 4.69) is 0 Å². The lowest BCUT2D eigenvalue weighted by atomic mass is 10.3. The van der Waals surface area contributed by atoms with Crippen molar-refractivity contribution in [2.45, 2.75) is 17.1 Å². The molecule has 5 N–H and O–H groups in total. The summed E-state index contributed by atoms with van der Waals surface area (Å²) in [6, 6.07) is 4.28. The third kappa shape index (κ3) is 3.85. The van der Waals surface area contributed by atoms with Crippen LogP contribution in [-0.2, 0) is 4.79 Å². The van der Waals surface area contributed by atoms with Gasteiger partial charge in [0.25, 0.3) is 0 Å². The molecule has 6 nitrogen and oxygen atoms in total. The first-order chi connectivity index (χ1) is 8.43. The van der Waals surface area contributed by atoms with Crippen LogP contribution in [0.1, 0.15) is 6.92 Å². The second kappa shape index (κ2) is 6.15. The number of nitrogens with one attached hydrogen (secondary N) is 1. The third-order valence-corrected chi connectivity index (χ3v) is 3.32. The van der Waals surface area contributed by atoms with Gasteiger partial charge in [-0.25, -0.2) is 4.79 Å². The number of carbonyl (C=O) groups is 2. The fraction of sp³-hybridized carbons (Fsp3) is 0.273. The Hall–Kier alpha value is -1.89. The van der Waals surface area contributed by atoms with E-state index in [-0.39, 0.29) is 0 Å². The predicted molar refractivity (Wildman–Crippen MR) is 70.5 cm³/mol. The van der Waals surface area contributed by atoms with E-state index < -0.39 is 17.2 Å². The molecule has 98 valence electrons. The maximum Gasteiger partial charge on any atom is 0.318 e. The number of hydrogen-bond donors (Lipinski definition) is 3. The number of thioether (sulfide) groups is 1. The number of nitrogen functional groups attached to an aromatic ring is 1. The van der Waals surface area contributed by atoms with Gasteiger partial charge in [-0.05, 0) is 25.1 Å². The number of hydrogen-bond acceptors (Lipinski definition) is 5. The Morgan fingerprint density at radius 3 is 2.67 bits per heavy atom. The molecule has 0 spiro atoms. The predicted octanol–water partition coefficient (Wildman–Crippen LogP) is 0.953. The lowest BCUT2D eigenvalue weighted by Gasteiger charge is -2.12. The molecule has 1 aromatic carbocycles. The van der Waals surface area contributed by atoms with Gasteiger partial charge in [0.05, 0.1) is 12.4 Å². The minimum atomic E-state index is -0.869. The molecule has 0 aliphatic carbocycles. The van der Waals surface area contributed by atoms with E-state index in [0.29, 0.717) is 16.3 Å². The van der Waals surface area contributed by atoms with E-state index >= 15 is 0 Å². The zero-order valence-electron chi connectivity index (χ0n) is 10.1. The molecule has 0 radical (unpaired) electrons. The Morgan fingerprint density at radius 2 is 2.11 bits per heavy atom. The van der Waals surface area contributed by atoms with Crippen molar-refractivity contribution in [2.75, 3.05) is 12.8 Å². The molecule has 1 rings (SSSR count). The Morgan fingerprint density at radius 1 is 1.44 bits per heavy atom. The van der Waals surface area contributed by atoms with Crippen LogP contribution in [0.2, 0.25) is 0 Å². The molecule has 0 heterocycles. The van der Waals surface area contributed by atoms with E-state index in [1.54, 1.807) is 32.2 Å². The minimum Gasteiger partial charge on any atom is -0.497 e. The van der Waals surface area contributed by atoms with Gasteiger partial charge in [0.2, 0.25) is 5.91 Å². The van der Waals surface area contributed by atoms with Crippen molar-refractivity contribution in [2.24, 2.45) is 5.73 Å². The molecule has 0 aliphatic rings. The number of urea groups is 1. The number of carbonyl (C=O) groups excluding carboxylic acids is 2. The summed E-state index contributed by atoms with van der Waals surface area (Å²) in [4.78, 5) is 22.8. The van der Waals surface area contributed by atoms with Gasteiger partial charge < -0.3 is 16.2 Å². The maximum atomic E-state index is 11.5. The number of amides is 3. The normalized spacial score (nSPS) is 11.7. The molecule has 7 heteroatoms. The number of rotatable bonds is 4. The molecule has 0 aromatic heterocycles. The number of methoxy groups -OCH3 is 1. The first-order valence-corrected chi connectivity index (χ1v) is 6.02. The summed E-state index contributed by atoms with van der Waals surface area (Å²) < 4.78 is 5.07. The molecule has 18 heavy (non-hydrogen) atoms. The Labute approximate surface area is 109 Å². The van der Waals surface area contributed by atoms with Crippen molar-refractivity contribution in [1.82, 2.24) is 5.32 Å². The van der Waals surface area contributed by atoms with Crippen molar-refractivity contribution in [3.63, 3.8) is 0 Å². The fourth-order valence-electron chi connectivity index (χ4n) is 1.21. The number of nitrogens with two attached hydrogens (primary N) is 2. The quantitative estimate of drug-likeness (QED) is 0.557. The number of ether oxygens (including phenoxy) is 1. The van der Waals surface area contributed by atoms with Crippen LogP contribution >= 0.6 is 11.8 Å². The van der Waals surface area contributed by atoms with E-state index in [1.165, 1.54) is 11.8 Å². The van der Waals surface area contributed by atoms with Crippen LogP contribution in [0.25, 0.3) is 0 Å². The highest BCUT2D eigenvalue weighted by Gasteiger charge is 2.17. The summed E-state index contributed by atoms with van der Waals surface area (Å²) >= 11 is 1.22. The van der Waals surface area contributed by atoms with Crippen LogP contribution in [0.15, 0.2) is 23.1 Å². The average Bonchev–Trinajstić information content (AvgIpc) is 2.31. The molecule has 0 saturated heterocycles. The maximum absolute atomic E-state index is 11.5.